The van der Waals surface area contributed by atoms with Crippen molar-refractivity contribution in [2.24, 2.45) is 5.92 Å². The van der Waals surface area contributed by atoms with Gasteiger partial charge in [-0.25, -0.2) is 4.98 Å². The van der Waals surface area contributed by atoms with Crippen LogP contribution in [0.25, 0.3) is 0 Å². The zero-order valence-corrected chi connectivity index (χ0v) is 10.1. The lowest BCUT2D eigenvalue weighted by Crippen LogP contribution is -2.20. The van der Waals surface area contributed by atoms with Crippen LogP contribution in [0, 0.1) is 5.92 Å². The average Bonchev–Trinajstić information content (AvgIpc) is 2.86. The lowest BCUT2D eigenvalue weighted by atomic mass is 9.75. The summed E-state index contributed by atoms with van der Waals surface area (Å²) in [6.07, 6.45) is 11.1. The molecule has 3 rings (SSSR count). The Kier molecular flexibility index (Phi) is 2.67. The first kappa shape index (κ1) is 10.5. The molecule has 0 fully saturated rings. The summed E-state index contributed by atoms with van der Waals surface area (Å²) in [4.78, 5) is 11.5. The van der Waals surface area contributed by atoms with Crippen LogP contribution in [0.2, 0.25) is 0 Å². The number of hydrogen-bond acceptors (Lipinski definition) is 2. The minimum Gasteiger partial charge on any atom is -0.348 e. The molecule has 0 aliphatic heterocycles. The molecule has 0 saturated carbocycles. The number of fused-ring (bicyclic) bond motifs is 1. The molecule has 1 aliphatic rings. The first-order valence-electron chi connectivity index (χ1n) is 6.24. The number of aromatic amines is 1. The van der Waals surface area contributed by atoms with Gasteiger partial charge in [-0.1, -0.05) is 6.92 Å². The van der Waals surface area contributed by atoms with Gasteiger partial charge in [-0.3, -0.25) is 4.98 Å². The van der Waals surface area contributed by atoms with Crippen LogP contribution in [-0.4, -0.2) is 15.0 Å². The SMILES string of the molecule is CC1c2ccncc2CCC1Cc1cnc[nH]1. The van der Waals surface area contributed by atoms with E-state index in [0.29, 0.717) is 11.8 Å². The minimum atomic E-state index is 0.616. The maximum atomic E-state index is 4.22. The van der Waals surface area contributed by atoms with Crippen molar-refractivity contribution >= 4 is 0 Å². The van der Waals surface area contributed by atoms with Gasteiger partial charge >= 0.3 is 0 Å². The number of rotatable bonds is 2. The molecule has 0 spiro atoms. The maximum Gasteiger partial charge on any atom is 0.0921 e. The molecule has 3 nitrogen and oxygen atoms in total. The van der Waals surface area contributed by atoms with Gasteiger partial charge in [0.05, 0.1) is 6.33 Å². The zero-order chi connectivity index (χ0) is 11.7. The Labute approximate surface area is 101 Å². The average molecular weight is 227 g/mol. The molecule has 2 atom stereocenters. The normalized spacial score (nSPS) is 23.4. The molecule has 1 N–H and O–H groups in total. The minimum absolute atomic E-state index is 0.616. The third-order valence-corrected chi connectivity index (χ3v) is 3.96. The van der Waals surface area contributed by atoms with E-state index >= 15 is 0 Å². The molecule has 0 aromatic carbocycles. The number of hydrogen-bond donors (Lipinski definition) is 1. The molecule has 17 heavy (non-hydrogen) atoms. The van der Waals surface area contributed by atoms with Crippen LogP contribution in [0.3, 0.4) is 0 Å². The summed E-state index contributed by atoms with van der Waals surface area (Å²) in [7, 11) is 0. The molecular weight excluding hydrogens is 210 g/mol. The summed E-state index contributed by atoms with van der Waals surface area (Å²) in [5.74, 6) is 1.33. The van der Waals surface area contributed by atoms with Crippen LogP contribution in [0.1, 0.15) is 36.1 Å². The second-order valence-electron chi connectivity index (χ2n) is 4.94. The Hall–Kier alpha value is -1.64. The number of aryl methyl sites for hydroxylation is 1. The molecule has 88 valence electrons. The Morgan fingerprint density at radius 1 is 1.35 bits per heavy atom. The van der Waals surface area contributed by atoms with Crippen LogP contribution in [0.15, 0.2) is 31.0 Å². The molecule has 0 bridgehead atoms. The third-order valence-electron chi connectivity index (χ3n) is 3.96. The smallest absolute Gasteiger partial charge is 0.0921 e. The fourth-order valence-electron chi connectivity index (χ4n) is 2.89. The molecule has 2 heterocycles. The van der Waals surface area contributed by atoms with Crippen molar-refractivity contribution < 1.29 is 0 Å². The molecule has 3 heteroatoms. The van der Waals surface area contributed by atoms with E-state index < -0.39 is 0 Å². The summed E-state index contributed by atoms with van der Waals surface area (Å²) in [5.41, 5.74) is 4.16. The van der Waals surface area contributed by atoms with Gasteiger partial charge in [0.2, 0.25) is 0 Å². The van der Waals surface area contributed by atoms with Crippen LogP contribution in [0.4, 0.5) is 0 Å². The van der Waals surface area contributed by atoms with Crippen molar-refractivity contribution in [1.29, 1.82) is 0 Å². The van der Waals surface area contributed by atoms with Gasteiger partial charge in [-0.2, -0.15) is 0 Å². The molecule has 2 aromatic heterocycles. The van der Waals surface area contributed by atoms with Crippen molar-refractivity contribution in [3.05, 3.63) is 47.8 Å². The number of aromatic nitrogens is 3. The van der Waals surface area contributed by atoms with E-state index in [-0.39, 0.29) is 0 Å². The van der Waals surface area contributed by atoms with Gasteiger partial charge in [-0.05, 0) is 48.3 Å². The third kappa shape index (κ3) is 1.97. The Balaban J connectivity index is 1.82. The van der Waals surface area contributed by atoms with Crippen molar-refractivity contribution in [1.82, 2.24) is 15.0 Å². The van der Waals surface area contributed by atoms with Crippen LogP contribution >= 0.6 is 0 Å². The van der Waals surface area contributed by atoms with Crippen LogP contribution in [0.5, 0.6) is 0 Å². The van der Waals surface area contributed by atoms with E-state index in [4.69, 9.17) is 0 Å². The first-order valence-corrected chi connectivity index (χ1v) is 6.24. The first-order chi connectivity index (χ1) is 8.34. The highest BCUT2D eigenvalue weighted by Crippen LogP contribution is 2.36. The van der Waals surface area contributed by atoms with E-state index in [0.717, 1.165) is 12.8 Å². The highest BCUT2D eigenvalue weighted by atomic mass is 14.9. The number of H-pyrrole nitrogens is 1. The molecule has 2 aromatic rings. The molecular formula is C14H17N3. The number of imidazole rings is 1. The van der Waals surface area contributed by atoms with E-state index in [9.17, 15) is 0 Å². The molecule has 0 saturated heterocycles. The predicted octanol–water partition coefficient (Wildman–Crippen LogP) is 2.71. The van der Waals surface area contributed by atoms with Gasteiger partial charge in [-0.15, -0.1) is 0 Å². The summed E-state index contributed by atoms with van der Waals surface area (Å²) < 4.78 is 0. The summed E-state index contributed by atoms with van der Waals surface area (Å²) in [6.45, 7) is 2.33. The Morgan fingerprint density at radius 3 is 3.12 bits per heavy atom. The quantitative estimate of drug-likeness (QED) is 0.857. The fourth-order valence-corrected chi connectivity index (χ4v) is 2.89. The van der Waals surface area contributed by atoms with E-state index in [2.05, 4.69) is 27.9 Å². The molecule has 2 unspecified atom stereocenters. The largest absolute Gasteiger partial charge is 0.348 e. The van der Waals surface area contributed by atoms with Gasteiger partial charge in [0, 0.05) is 24.3 Å². The van der Waals surface area contributed by atoms with Crippen molar-refractivity contribution in [3.8, 4) is 0 Å². The monoisotopic (exact) mass is 227 g/mol. The zero-order valence-electron chi connectivity index (χ0n) is 10.1. The summed E-state index contributed by atoms with van der Waals surface area (Å²) >= 11 is 0. The second kappa shape index (κ2) is 4.32. The molecule has 0 radical (unpaired) electrons. The predicted molar refractivity (Wildman–Crippen MR) is 66.8 cm³/mol. The van der Waals surface area contributed by atoms with E-state index in [1.807, 2.05) is 18.6 Å². The van der Waals surface area contributed by atoms with Gasteiger partial charge in [0.1, 0.15) is 0 Å². The van der Waals surface area contributed by atoms with Crippen molar-refractivity contribution in [2.75, 3.05) is 0 Å². The number of nitrogens with zero attached hydrogens (tertiary/aromatic N) is 2. The number of pyridine rings is 1. The highest BCUT2D eigenvalue weighted by Gasteiger charge is 2.26. The van der Waals surface area contributed by atoms with Crippen molar-refractivity contribution in [3.63, 3.8) is 0 Å². The van der Waals surface area contributed by atoms with Crippen LogP contribution < -0.4 is 0 Å². The Bertz CT molecular complexity index is 490. The van der Waals surface area contributed by atoms with Crippen LogP contribution in [-0.2, 0) is 12.8 Å². The standard InChI is InChI=1S/C14H17N3/c1-10-11(6-13-8-16-9-17-13)2-3-12-7-15-5-4-14(10)12/h4-5,7-11H,2-3,6H2,1H3,(H,16,17). The lowest BCUT2D eigenvalue weighted by Gasteiger charge is -2.30. The Morgan fingerprint density at radius 2 is 2.29 bits per heavy atom. The van der Waals surface area contributed by atoms with E-state index in [1.54, 1.807) is 6.33 Å². The molecule has 0 amide bonds. The second-order valence-corrected chi connectivity index (χ2v) is 4.94. The summed E-state index contributed by atoms with van der Waals surface area (Å²) in [5, 5.41) is 0. The highest BCUT2D eigenvalue weighted by molar-refractivity contribution is 5.30. The van der Waals surface area contributed by atoms with E-state index in [1.165, 1.54) is 23.2 Å². The molecule has 1 aliphatic carbocycles. The van der Waals surface area contributed by atoms with Gasteiger partial charge < -0.3 is 4.98 Å². The lowest BCUT2D eigenvalue weighted by molar-refractivity contribution is 0.385. The van der Waals surface area contributed by atoms with Crippen molar-refractivity contribution in [2.45, 2.75) is 32.1 Å². The number of nitrogens with one attached hydrogen (secondary N) is 1. The fraction of sp³-hybridized carbons (Fsp3) is 0.429. The van der Waals surface area contributed by atoms with Gasteiger partial charge in [0.25, 0.3) is 0 Å². The topological polar surface area (TPSA) is 41.6 Å². The maximum absolute atomic E-state index is 4.22. The van der Waals surface area contributed by atoms with Gasteiger partial charge in [0.15, 0.2) is 0 Å². The summed E-state index contributed by atoms with van der Waals surface area (Å²) in [6, 6.07) is 2.18.